The lowest BCUT2D eigenvalue weighted by Crippen LogP contribution is -2.11. The lowest BCUT2D eigenvalue weighted by Gasteiger charge is -2.13. The maximum atomic E-state index is 5.96. The molecular formula is C12H18IN3O. The van der Waals surface area contributed by atoms with Crippen LogP contribution in [0.2, 0.25) is 0 Å². The second-order valence-electron chi connectivity index (χ2n) is 4.45. The van der Waals surface area contributed by atoms with Crippen LogP contribution in [0.4, 0.5) is 5.82 Å². The first kappa shape index (κ1) is 13.0. The van der Waals surface area contributed by atoms with Gasteiger partial charge in [-0.05, 0) is 35.4 Å². The molecule has 1 heterocycles. The van der Waals surface area contributed by atoms with Crippen molar-refractivity contribution >= 4 is 28.4 Å². The number of hydrogen-bond donors (Lipinski definition) is 1. The van der Waals surface area contributed by atoms with Crippen molar-refractivity contribution in [3.63, 3.8) is 0 Å². The highest BCUT2D eigenvalue weighted by Gasteiger charge is 2.23. The molecule has 0 bridgehead atoms. The number of rotatable bonds is 4. The summed E-state index contributed by atoms with van der Waals surface area (Å²) in [6.07, 6.45) is 5.81. The third-order valence-corrected chi connectivity index (χ3v) is 4.33. The highest BCUT2D eigenvalue weighted by Crippen LogP contribution is 2.36. The van der Waals surface area contributed by atoms with Crippen LogP contribution in [0.3, 0.4) is 0 Å². The van der Waals surface area contributed by atoms with Gasteiger partial charge in [-0.25, -0.2) is 9.97 Å². The van der Waals surface area contributed by atoms with Gasteiger partial charge < -0.3 is 10.5 Å². The minimum absolute atomic E-state index is 0.577. The second-order valence-corrected chi connectivity index (χ2v) is 5.53. The van der Waals surface area contributed by atoms with Gasteiger partial charge in [0.25, 0.3) is 0 Å². The maximum absolute atomic E-state index is 5.96. The summed E-state index contributed by atoms with van der Waals surface area (Å²) >= 11 is 2.27. The lowest BCUT2D eigenvalue weighted by molar-refractivity contribution is 0.200. The van der Waals surface area contributed by atoms with Gasteiger partial charge in [-0.3, -0.25) is 0 Å². The fourth-order valence-corrected chi connectivity index (χ4v) is 2.99. The Morgan fingerprint density at radius 1 is 1.35 bits per heavy atom. The van der Waals surface area contributed by atoms with Crippen molar-refractivity contribution in [1.82, 2.24) is 9.97 Å². The lowest BCUT2D eigenvalue weighted by atomic mass is 10.0. The molecule has 0 amide bonds. The highest BCUT2D eigenvalue weighted by atomic mass is 127. The number of nitrogen functional groups attached to an aromatic ring is 1. The molecule has 1 saturated carbocycles. The van der Waals surface area contributed by atoms with Crippen molar-refractivity contribution in [1.29, 1.82) is 0 Å². The third kappa shape index (κ3) is 3.07. The first-order valence-electron chi connectivity index (χ1n) is 6.03. The molecule has 0 radical (unpaired) electrons. The summed E-state index contributed by atoms with van der Waals surface area (Å²) in [4.78, 5) is 9.00. The van der Waals surface area contributed by atoms with Crippen LogP contribution in [0.15, 0.2) is 0 Å². The average molecular weight is 347 g/mol. The van der Waals surface area contributed by atoms with E-state index in [1.54, 1.807) is 7.11 Å². The summed E-state index contributed by atoms with van der Waals surface area (Å²) < 4.78 is 6.10. The highest BCUT2D eigenvalue weighted by molar-refractivity contribution is 14.1. The van der Waals surface area contributed by atoms with E-state index in [2.05, 4.69) is 32.6 Å². The molecule has 0 aliphatic heterocycles. The molecule has 2 N–H and O–H groups in total. The van der Waals surface area contributed by atoms with Gasteiger partial charge in [0.15, 0.2) is 0 Å². The van der Waals surface area contributed by atoms with E-state index in [0.29, 0.717) is 18.3 Å². The Morgan fingerprint density at radius 3 is 2.71 bits per heavy atom. The summed E-state index contributed by atoms with van der Waals surface area (Å²) in [6, 6.07) is 0. The molecule has 0 aromatic carbocycles. The van der Waals surface area contributed by atoms with Gasteiger partial charge in [-0.1, -0.05) is 12.8 Å². The Labute approximate surface area is 115 Å². The van der Waals surface area contributed by atoms with Crippen molar-refractivity contribution < 1.29 is 4.74 Å². The van der Waals surface area contributed by atoms with E-state index < -0.39 is 0 Å². The molecule has 5 heteroatoms. The number of methoxy groups -OCH3 is 1. The zero-order chi connectivity index (χ0) is 12.3. The van der Waals surface area contributed by atoms with Crippen LogP contribution in [-0.4, -0.2) is 23.7 Å². The van der Waals surface area contributed by atoms with E-state index in [9.17, 15) is 0 Å². The zero-order valence-corrected chi connectivity index (χ0v) is 12.2. The molecule has 17 heavy (non-hydrogen) atoms. The standard InChI is InChI=1S/C12H18IN3O/c1-17-7-6-9-15-11(8-4-2-3-5-8)10(13)12(14)16-9/h8H,2-7H2,1H3,(H2,14,15,16). The summed E-state index contributed by atoms with van der Waals surface area (Å²) in [5.41, 5.74) is 7.12. The van der Waals surface area contributed by atoms with E-state index in [1.165, 1.54) is 25.7 Å². The molecule has 0 atom stereocenters. The quantitative estimate of drug-likeness (QED) is 0.851. The van der Waals surface area contributed by atoms with Gasteiger partial charge in [-0.15, -0.1) is 0 Å². The Kier molecular flexibility index (Phi) is 4.55. The van der Waals surface area contributed by atoms with Gasteiger partial charge >= 0.3 is 0 Å². The Morgan fingerprint density at radius 2 is 2.06 bits per heavy atom. The number of halogens is 1. The number of nitrogens with two attached hydrogens (primary N) is 1. The van der Waals surface area contributed by atoms with Crippen LogP contribution in [0.1, 0.15) is 43.1 Å². The van der Waals surface area contributed by atoms with Gasteiger partial charge in [0.2, 0.25) is 0 Å². The van der Waals surface area contributed by atoms with Crippen molar-refractivity contribution in [2.24, 2.45) is 0 Å². The first-order valence-corrected chi connectivity index (χ1v) is 7.11. The number of aromatic nitrogens is 2. The van der Waals surface area contributed by atoms with Crippen LogP contribution < -0.4 is 5.73 Å². The SMILES string of the molecule is COCCc1nc(N)c(I)c(C2CCCC2)n1. The zero-order valence-electron chi connectivity index (χ0n) is 10.1. The molecule has 1 aliphatic carbocycles. The van der Waals surface area contributed by atoms with Crippen LogP contribution in [0, 0.1) is 3.57 Å². The van der Waals surface area contributed by atoms with E-state index >= 15 is 0 Å². The van der Waals surface area contributed by atoms with Gasteiger partial charge in [0, 0.05) is 19.4 Å². The average Bonchev–Trinajstić information content (AvgIpc) is 2.84. The van der Waals surface area contributed by atoms with E-state index in [4.69, 9.17) is 10.5 Å². The smallest absolute Gasteiger partial charge is 0.140 e. The molecule has 1 aliphatic rings. The van der Waals surface area contributed by atoms with Crippen LogP contribution in [0.5, 0.6) is 0 Å². The topological polar surface area (TPSA) is 61.0 Å². The van der Waals surface area contributed by atoms with Crippen LogP contribution in [-0.2, 0) is 11.2 Å². The van der Waals surface area contributed by atoms with Gasteiger partial charge in [0.1, 0.15) is 11.6 Å². The summed E-state index contributed by atoms with van der Waals surface area (Å²) in [5.74, 6) is 2.01. The number of anilines is 1. The largest absolute Gasteiger partial charge is 0.384 e. The van der Waals surface area contributed by atoms with Gasteiger partial charge in [-0.2, -0.15) is 0 Å². The molecule has 0 saturated heterocycles. The fraction of sp³-hybridized carbons (Fsp3) is 0.667. The molecule has 4 nitrogen and oxygen atoms in total. The van der Waals surface area contributed by atoms with Crippen molar-refractivity contribution in [3.8, 4) is 0 Å². The molecule has 2 rings (SSSR count). The van der Waals surface area contributed by atoms with E-state index in [1.807, 2.05) is 0 Å². The van der Waals surface area contributed by atoms with Crippen molar-refractivity contribution in [2.45, 2.75) is 38.0 Å². The molecule has 0 unspecified atom stereocenters. The Balaban J connectivity index is 2.25. The minimum atomic E-state index is 0.577. The fourth-order valence-electron chi connectivity index (χ4n) is 2.31. The third-order valence-electron chi connectivity index (χ3n) is 3.22. The molecule has 94 valence electrons. The van der Waals surface area contributed by atoms with Crippen LogP contribution in [0.25, 0.3) is 0 Å². The first-order chi connectivity index (χ1) is 8.22. The predicted octanol–water partition coefficient (Wildman–Crippen LogP) is 2.51. The molecule has 0 spiro atoms. The summed E-state index contributed by atoms with van der Waals surface area (Å²) in [5, 5.41) is 0. The normalized spacial score (nSPS) is 16.6. The second kappa shape index (κ2) is 5.95. The molecule has 1 aromatic rings. The van der Waals surface area contributed by atoms with E-state index in [-0.39, 0.29) is 0 Å². The molecule has 1 fully saturated rings. The number of ether oxygens (including phenoxy) is 1. The predicted molar refractivity (Wildman–Crippen MR) is 76.0 cm³/mol. The maximum Gasteiger partial charge on any atom is 0.140 e. The Bertz CT molecular complexity index is 392. The molecule has 1 aromatic heterocycles. The Hall–Kier alpha value is -0.430. The number of hydrogen-bond acceptors (Lipinski definition) is 4. The minimum Gasteiger partial charge on any atom is -0.384 e. The van der Waals surface area contributed by atoms with Crippen molar-refractivity contribution in [3.05, 3.63) is 15.1 Å². The summed E-state index contributed by atoms with van der Waals surface area (Å²) in [7, 11) is 1.69. The summed E-state index contributed by atoms with van der Waals surface area (Å²) in [6.45, 7) is 0.643. The van der Waals surface area contributed by atoms with Crippen molar-refractivity contribution in [2.75, 3.05) is 19.5 Å². The van der Waals surface area contributed by atoms with E-state index in [0.717, 1.165) is 21.5 Å². The van der Waals surface area contributed by atoms with Crippen LogP contribution >= 0.6 is 22.6 Å². The monoisotopic (exact) mass is 347 g/mol. The molecular weight excluding hydrogens is 329 g/mol. The number of nitrogens with zero attached hydrogens (tertiary/aromatic N) is 2. The van der Waals surface area contributed by atoms with Gasteiger partial charge in [0.05, 0.1) is 15.9 Å².